The molecule has 0 amide bonds. The van der Waals surface area contributed by atoms with Crippen LogP contribution < -0.4 is 15.0 Å². The van der Waals surface area contributed by atoms with Gasteiger partial charge in [0, 0.05) is 19.6 Å². The van der Waals surface area contributed by atoms with Crippen LogP contribution in [0.4, 0.5) is 16.0 Å². The van der Waals surface area contributed by atoms with Crippen molar-refractivity contribution in [2.45, 2.75) is 10.7 Å². The monoisotopic (exact) mass is 477 g/mol. The number of halogens is 4. The number of nitrogens with zero attached hydrogens (tertiary/aromatic N) is 2. The topological polar surface area (TPSA) is 66.8 Å². The maximum absolute atomic E-state index is 14.4. The van der Waals surface area contributed by atoms with E-state index in [1.807, 2.05) is 19.1 Å². The maximum Gasteiger partial charge on any atom is 0.223 e. The van der Waals surface area contributed by atoms with Crippen molar-refractivity contribution in [1.29, 1.82) is 0 Å². The van der Waals surface area contributed by atoms with E-state index in [1.54, 1.807) is 6.07 Å². The molecule has 1 saturated heterocycles. The Labute approximate surface area is 189 Å². The van der Waals surface area contributed by atoms with Gasteiger partial charge in [-0.25, -0.2) is 9.37 Å². The number of hydrogen-bond acceptors (Lipinski definition) is 6. The van der Waals surface area contributed by atoms with Crippen LogP contribution in [-0.2, 0) is 4.74 Å². The first-order valence-corrected chi connectivity index (χ1v) is 10.6. The number of aliphatic hydroxyl groups is 1. The second-order valence-electron chi connectivity index (χ2n) is 6.85. The molecule has 0 radical (unpaired) electrons. The van der Waals surface area contributed by atoms with Gasteiger partial charge in [-0.3, -0.25) is 0 Å². The number of morpholine rings is 1. The lowest BCUT2D eigenvalue weighted by Gasteiger charge is -2.28. The number of ether oxygens (including phenoxy) is 2. The van der Waals surface area contributed by atoms with Crippen LogP contribution >= 0.6 is 34.8 Å². The fourth-order valence-electron chi connectivity index (χ4n) is 3.13. The summed E-state index contributed by atoms with van der Waals surface area (Å²) in [4.78, 5) is 6.77. The van der Waals surface area contributed by atoms with Crippen LogP contribution in [0.3, 0.4) is 0 Å². The van der Waals surface area contributed by atoms with Crippen LogP contribution in [0.1, 0.15) is 5.56 Å². The molecule has 0 bridgehead atoms. The highest BCUT2D eigenvalue weighted by molar-refractivity contribution is 6.67. The lowest BCUT2D eigenvalue weighted by Crippen LogP contribution is -2.36. The van der Waals surface area contributed by atoms with Crippen molar-refractivity contribution >= 4 is 46.4 Å². The number of pyridine rings is 1. The standard InChI is InChI=1S/C20H23Cl3FN3O3/c1-13-8-16(24)17(30-12-20(21,22)23)11-15(13)14-9-18(25-2-5-28)26-19(10-14)27-3-6-29-7-4-27/h8-11,28H,2-7,12H2,1H3,(H,25,26). The van der Waals surface area contributed by atoms with Crippen LogP contribution in [0.5, 0.6) is 5.75 Å². The van der Waals surface area contributed by atoms with E-state index in [4.69, 9.17) is 49.4 Å². The Morgan fingerprint density at radius 1 is 1.23 bits per heavy atom. The molecule has 10 heteroatoms. The van der Waals surface area contributed by atoms with Gasteiger partial charge in [-0.15, -0.1) is 0 Å². The molecule has 0 aliphatic carbocycles. The summed E-state index contributed by atoms with van der Waals surface area (Å²) in [5, 5.41) is 12.3. The summed E-state index contributed by atoms with van der Waals surface area (Å²) in [6, 6.07) is 6.76. The fraction of sp³-hybridized carbons (Fsp3) is 0.450. The molecule has 0 saturated carbocycles. The average molecular weight is 479 g/mol. The van der Waals surface area contributed by atoms with Gasteiger partial charge < -0.3 is 24.8 Å². The van der Waals surface area contributed by atoms with Gasteiger partial charge in [0.05, 0.1) is 19.8 Å². The lowest BCUT2D eigenvalue weighted by molar-refractivity contribution is 0.122. The zero-order valence-electron chi connectivity index (χ0n) is 16.4. The first-order chi connectivity index (χ1) is 14.3. The molecule has 1 aliphatic rings. The first-order valence-electron chi connectivity index (χ1n) is 9.46. The zero-order valence-corrected chi connectivity index (χ0v) is 18.7. The van der Waals surface area contributed by atoms with E-state index < -0.39 is 9.61 Å². The molecule has 1 fully saturated rings. The predicted octanol–water partition coefficient (Wildman–Crippen LogP) is 4.19. The molecule has 2 N–H and O–H groups in total. The molecular weight excluding hydrogens is 456 g/mol. The Hall–Kier alpha value is -1.51. The number of benzene rings is 1. The zero-order chi connectivity index (χ0) is 21.7. The summed E-state index contributed by atoms with van der Waals surface area (Å²) in [6.45, 7) is 4.54. The van der Waals surface area contributed by atoms with Gasteiger partial charge >= 0.3 is 0 Å². The molecular formula is C20H23Cl3FN3O3. The molecule has 1 aromatic heterocycles. The lowest BCUT2D eigenvalue weighted by atomic mass is 10.00. The molecule has 30 heavy (non-hydrogen) atoms. The Bertz CT molecular complexity index is 874. The number of nitrogens with one attached hydrogen (secondary N) is 1. The van der Waals surface area contributed by atoms with Crippen molar-refractivity contribution in [3.63, 3.8) is 0 Å². The van der Waals surface area contributed by atoms with Gasteiger partial charge in [-0.05, 0) is 47.9 Å². The van der Waals surface area contributed by atoms with Crippen LogP contribution in [0, 0.1) is 12.7 Å². The summed E-state index contributed by atoms with van der Waals surface area (Å²) in [6.07, 6.45) is 0. The SMILES string of the molecule is Cc1cc(F)c(OCC(Cl)(Cl)Cl)cc1-c1cc(NCCO)nc(N2CCOCC2)c1. The van der Waals surface area contributed by atoms with Gasteiger partial charge in [0.2, 0.25) is 3.79 Å². The van der Waals surface area contributed by atoms with E-state index >= 15 is 0 Å². The summed E-state index contributed by atoms with van der Waals surface area (Å²) in [5.41, 5.74) is 2.31. The summed E-state index contributed by atoms with van der Waals surface area (Å²) < 4.78 is 23.6. The maximum atomic E-state index is 14.4. The first kappa shape index (κ1) is 23.2. The van der Waals surface area contributed by atoms with Crippen molar-refractivity contribution in [3.8, 4) is 16.9 Å². The summed E-state index contributed by atoms with van der Waals surface area (Å²) in [5.74, 6) is 0.836. The van der Waals surface area contributed by atoms with Crippen molar-refractivity contribution in [3.05, 3.63) is 35.6 Å². The Kier molecular flexibility index (Phi) is 7.87. The summed E-state index contributed by atoms with van der Waals surface area (Å²) in [7, 11) is 0. The highest BCUT2D eigenvalue weighted by atomic mass is 35.6. The molecule has 1 aromatic carbocycles. The molecule has 3 rings (SSSR count). The van der Waals surface area contributed by atoms with Crippen LogP contribution in [0.2, 0.25) is 0 Å². The van der Waals surface area contributed by atoms with Crippen molar-refractivity contribution in [1.82, 2.24) is 4.98 Å². The third-order valence-electron chi connectivity index (χ3n) is 4.55. The smallest absolute Gasteiger partial charge is 0.223 e. The minimum absolute atomic E-state index is 0.00322. The fourth-order valence-corrected chi connectivity index (χ4v) is 3.30. The molecule has 6 nitrogen and oxygen atoms in total. The normalized spacial score (nSPS) is 14.7. The summed E-state index contributed by atoms with van der Waals surface area (Å²) >= 11 is 17.2. The van der Waals surface area contributed by atoms with Crippen LogP contribution in [0.15, 0.2) is 24.3 Å². The number of aryl methyl sites for hydroxylation is 1. The molecule has 1 aliphatic heterocycles. The number of alkyl halides is 3. The van der Waals surface area contributed by atoms with E-state index in [0.29, 0.717) is 25.6 Å². The Balaban J connectivity index is 1.99. The van der Waals surface area contributed by atoms with Crippen molar-refractivity contribution in [2.24, 2.45) is 0 Å². The molecule has 0 unspecified atom stereocenters. The van der Waals surface area contributed by atoms with E-state index in [-0.39, 0.29) is 19.0 Å². The van der Waals surface area contributed by atoms with Crippen LogP contribution in [0.25, 0.3) is 11.1 Å². The Morgan fingerprint density at radius 2 is 1.97 bits per heavy atom. The van der Waals surface area contributed by atoms with E-state index in [2.05, 4.69) is 15.2 Å². The minimum Gasteiger partial charge on any atom is -0.486 e. The van der Waals surface area contributed by atoms with Crippen molar-refractivity contribution < 1.29 is 19.0 Å². The third-order valence-corrected chi connectivity index (χ3v) is 4.87. The number of aliphatic hydroxyl groups excluding tert-OH is 1. The largest absolute Gasteiger partial charge is 0.486 e. The second-order valence-corrected chi connectivity index (χ2v) is 9.37. The quantitative estimate of drug-likeness (QED) is 0.582. The van der Waals surface area contributed by atoms with Gasteiger partial charge in [-0.2, -0.15) is 0 Å². The molecule has 164 valence electrons. The second kappa shape index (κ2) is 10.2. The minimum atomic E-state index is -1.65. The number of anilines is 2. The average Bonchev–Trinajstić information content (AvgIpc) is 2.71. The van der Waals surface area contributed by atoms with Crippen molar-refractivity contribution in [2.75, 3.05) is 56.3 Å². The Morgan fingerprint density at radius 3 is 2.63 bits per heavy atom. The van der Waals surface area contributed by atoms with Gasteiger partial charge in [0.1, 0.15) is 18.2 Å². The molecule has 0 spiro atoms. The number of hydrogen-bond donors (Lipinski definition) is 2. The molecule has 2 aromatic rings. The van der Waals surface area contributed by atoms with E-state index in [1.165, 1.54) is 6.07 Å². The number of aromatic nitrogens is 1. The van der Waals surface area contributed by atoms with Gasteiger partial charge in [0.25, 0.3) is 0 Å². The number of rotatable bonds is 7. The molecule has 0 atom stereocenters. The highest BCUT2D eigenvalue weighted by Crippen LogP contribution is 2.35. The molecule has 2 heterocycles. The predicted molar refractivity (Wildman–Crippen MR) is 119 cm³/mol. The van der Waals surface area contributed by atoms with E-state index in [9.17, 15) is 4.39 Å². The van der Waals surface area contributed by atoms with E-state index in [0.717, 1.165) is 35.6 Å². The third kappa shape index (κ3) is 6.25. The van der Waals surface area contributed by atoms with Gasteiger partial charge in [0.15, 0.2) is 11.6 Å². The van der Waals surface area contributed by atoms with Crippen LogP contribution in [-0.4, -0.2) is 59.9 Å². The highest BCUT2D eigenvalue weighted by Gasteiger charge is 2.22. The van der Waals surface area contributed by atoms with Gasteiger partial charge in [-0.1, -0.05) is 34.8 Å².